The summed E-state index contributed by atoms with van der Waals surface area (Å²) >= 11 is 5.91. The minimum atomic E-state index is -3.69. The normalized spacial score (nSPS) is 26.3. The largest absolute Gasteiger partial charge is 0.310 e. The molecule has 2 heterocycles. The van der Waals surface area contributed by atoms with E-state index in [-0.39, 0.29) is 16.5 Å². The molecule has 0 amide bonds. The first-order valence-corrected chi connectivity index (χ1v) is 8.78. The molecule has 2 atom stereocenters. The van der Waals surface area contributed by atoms with Crippen LogP contribution in [0.2, 0.25) is 5.02 Å². The Kier molecular flexibility index (Phi) is 3.93. The highest BCUT2D eigenvalue weighted by Gasteiger charge is 2.35. The lowest BCUT2D eigenvalue weighted by Crippen LogP contribution is -2.39. The smallest absolute Gasteiger partial charge is 0.244 e. The van der Waals surface area contributed by atoms with Crippen LogP contribution in [0, 0.1) is 11.3 Å². The number of rotatable bonds is 2. The number of nitrogens with one attached hydrogen (secondary N) is 1. The molecule has 21 heavy (non-hydrogen) atoms. The van der Waals surface area contributed by atoms with Gasteiger partial charge >= 0.3 is 0 Å². The van der Waals surface area contributed by atoms with Gasteiger partial charge in [-0.1, -0.05) is 11.6 Å². The minimum absolute atomic E-state index is 0.00951. The lowest BCUT2D eigenvalue weighted by atomic mass is 10.1. The summed E-state index contributed by atoms with van der Waals surface area (Å²) in [4.78, 5) is 0.00951. The molecule has 2 aliphatic heterocycles. The summed E-state index contributed by atoms with van der Waals surface area (Å²) in [5, 5.41) is 12.9. The van der Waals surface area contributed by atoms with Gasteiger partial charge in [0.05, 0.1) is 5.56 Å². The number of nitriles is 1. The van der Waals surface area contributed by atoms with E-state index >= 15 is 0 Å². The van der Waals surface area contributed by atoms with Crippen LogP contribution in [0.1, 0.15) is 24.8 Å². The molecule has 0 saturated carbocycles. The summed E-state index contributed by atoms with van der Waals surface area (Å²) in [6.07, 6.45) is 2.91. The van der Waals surface area contributed by atoms with E-state index in [1.165, 1.54) is 22.5 Å². The molecular formula is C14H16ClN3O2S. The fourth-order valence-electron chi connectivity index (χ4n) is 3.07. The van der Waals surface area contributed by atoms with E-state index in [0.29, 0.717) is 24.2 Å². The lowest BCUT2D eigenvalue weighted by Gasteiger charge is -2.24. The maximum absolute atomic E-state index is 12.8. The van der Waals surface area contributed by atoms with Crippen molar-refractivity contribution in [2.75, 3.05) is 13.1 Å². The van der Waals surface area contributed by atoms with Gasteiger partial charge in [-0.05, 0) is 37.5 Å². The van der Waals surface area contributed by atoms with Crippen molar-refractivity contribution in [1.29, 1.82) is 5.26 Å². The predicted octanol–water partition coefficient (Wildman–Crippen LogP) is 1.73. The van der Waals surface area contributed by atoms with Gasteiger partial charge in [-0.3, -0.25) is 0 Å². The summed E-state index contributed by atoms with van der Waals surface area (Å²) in [5.74, 6) is 0. The summed E-state index contributed by atoms with van der Waals surface area (Å²) in [6.45, 7) is 0.935. The number of hydrogen-bond acceptors (Lipinski definition) is 4. The Balaban J connectivity index is 1.97. The van der Waals surface area contributed by atoms with E-state index in [4.69, 9.17) is 16.9 Å². The van der Waals surface area contributed by atoms with Crippen molar-refractivity contribution in [1.82, 2.24) is 9.62 Å². The molecule has 2 bridgehead atoms. The summed E-state index contributed by atoms with van der Waals surface area (Å²) in [6, 6.07) is 6.91. The number of nitrogens with zero attached hydrogens (tertiary/aromatic N) is 2. The highest BCUT2D eigenvalue weighted by molar-refractivity contribution is 7.89. The van der Waals surface area contributed by atoms with Crippen LogP contribution < -0.4 is 5.32 Å². The summed E-state index contributed by atoms with van der Waals surface area (Å²) in [7, 11) is -3.69. The fraction of sp³-hybridized carbons (Fsp3) is 0.500. The SMILES string of the molecule is N#Cc1ccc(Cl)cc1S(=O)(=O)N1CCC2CCC(C1)N2. The lowest BCUT2D eigenvalue weighted by molar-refractivity contribution is 0.383. The number of fused-ring (bicyclic) bond motifs is 2. The first kappa shape index (κ1) is 14.8. The van der Waals surface area contributed by atoms with Gasteiger partial charge in [0.15, 0.2) is 0 Å². The third kappa shape index (κ3) is 2.79. The molecule has 0 aromatic heterocycles. The Bertz CT molecular complexity index is 699. The van der Waals surface area contributed by atoms with E-state index in [9.17, 15) is 8.42 Å². The molecule has 0 aliphatic carbocycles. The molecule has 1 N–H and O–H groups in total. The second-order valence-electron chi connectivity index (χ2n) is 5.54. The van der Waals surface area contributed by atoms with E-state index in [0.717, 1.165) is 19.3 Å². The van der Waals surface area contributed by atoms with Gasteiger partial charge in [0.1, 0.15) is 11.0 Å². The van der Waals surface area contributed by atoms with E-state index in [1.54, 1.807) is 0 Å². The van der Waals surface area contributed by atoms with Crippen LogP contribution in [0.15, 0.2) is 23.1 Å². The Hall–Kier alpha value is -1.13. The van der Waals surface area contributed by atoms with Gasteiger partial charge in [-0.2, -0.15) is 9.57 Å². The monoisotopic (exact) mass is 325 g/mol. The maximum Gasteiger partial charge on any atom is 0.244 e. The third-order valence-corrected chi connectivity index (χ3v) is 6.31. The quantitative estimate of drug-likeness (QED) is 0.898. The average Bonchev–Trinajstić information content (AvgIpc) is 2.77. The van der Waals surface area contributed by atoms with Crippen molar-refractivity contribution in [2.24, 2.45) is 0 Å². The van der Waals surface area contributed by atoms with Gasteiger partial charge in [0.2, 0.25) is 10.0 Å². The van der Waals surface area contributed by atoms with Crippen LogP contribution in [0.5, 0.6) is 0 Å². The zero-order valence-corrected chi connectivity index (χ0v) is 13.0. The number of benzene rings is 1. The van der Waals surface area contributed by atoms with Gasteiger partial charge in [0.25, 0.3) is 0 Å². The second kappa shape index (κ2) is 5.58. The average molecular weight is 326 g/mol. The van der Waals surface area contributed by atoms with Gasteiger partial charge in [-0.25, -0.2) is 8.42 Å². The summed E-state index contributed by atoms with van der Waals surface area (Å²) < 4.78 is 27.2. The molecule has 0 spiro atoms. The topological polar surface area (TPSA) is 73.2 Å². The number of sulfonamides is 1. The second-order valence-corrected chi connectivity index (χ2v) is 7.88. The van der Waals surface area contributed by atoms with Crippen LogP contribution in [-0.4, -0.2) is 37.9 Å². The summed E-state index contributed by atoms with van der Waals surface area (Å²) in [5.41, 5.74) is 0.141. The Morgan fingerprint density at radius 2 is 2.05 bits per heavy atom. The van der Waals surface area contributed by atoms with E-state index in [1.807, 2.05) is 6.07 Å². The van der Waals surface area contributed by atoms with Crippen molar-refractivity contribution >= 4 is 21.6 Å². The maximum atomic E-state index is 12.8. The van der Waals surface area contributed by atoms with E-state index < -0.39 is 10.0 Å². The Labute approximate surface area is 129 Å². The van der Waals surface area contributed by atoms with Crippen LogP contribution >= 0.6 is 11.6 Å². The Morgan fingerprint density at radius 1 is 1.29 bits per heavy atom. The molecule has 5 nitrogen and oxygen atoms in total. The molecule has 2 aliphatic rings. The molecule has 1 aromatic carbocycles. The highest BCUT2D eigenvalue weighted by atomic mass is 35.5. The van der Waals surface area contributed by atoms with E-state index in [2.05, 4.69) is 5.32 Å². The van der Waals surface area contributed by atoms with Crippen molar-refractivity contribution in [3.8, 4) is 6.07 Å². The predicted molar refractivity (Wildman–Crippen MR) is 79.5 cm³/mol. The standard InChI is InChI=1S/C14H16ClN3O2S/c15-11-2-1-10(8-16)14(7-11)21(19,20)18-6-5-12-3-4-13(9-18)17-12/h1-2,7,12-13,17H,3-6,9H2. The number of hydrogen-bond donors (Lipinski definition) is 1. The molecular weight excluding hydrogens is 310 g/mol. The van der Waals surface area contributed by atoms with Crippen LogP contribution in [0.3, 0.4) is 0 Å². The van der Waals surface area contributed by atoms with Crippen LogP contribution in [0.4, 0.5) is 0 Å². The fourth-order valence-corrected chi connectivity index (χ4v) is 4.97. The molecule has 2 saturated heterocycles. The van der Waals surface area contributed by atoms with Crippen molar-refractivity contribution in [3.05, 3.63) is 28.8 Å². The Morgan fingerprint density at radius 3 is 2.81 bits per heavy atom. The minimum Gasteiger partial charge on any atom is -0.310 e. The zero-order chi connectivity index (χ0) is 15.0. The molecule has 7 heteroatoms. The van der Waals surface area contributed by atoms with Gasteiger partial charge < -0.3 is 5.32 Å². The number of halogens is 1. The molecule has 3 rings (SSSR count). The van der Waals surface area contributed by atoms with Crippen molar-refractivity contribution in [3.63, 3.8) is 0 Å². The van der Waals surface area contributed by atoms with Gasteiger partial charge in [0, 0.05) is 30.2 Å². The third-order valence-electron chi connectivity index (χ3n) is 4.17. The van der Waals surface area contributed by atoms with Gasteiger partial charge in [-0.15, -0.1) is 0 Å². The van der Waals surface area contributed by atoms with Crippen molar-refractivity contribution in [2.45, 2.75) is 36.2 Å². The highest BCUT2D eigenvalue weighted by Crippen LogP contribution is 2.28. The zero-order valence-electron chi connectivity index (χ0n) is 11.4. The first-order chi connectivity index (χ1) is 10.0. The van der Waals surface area contributed by atoms with Crippen LogP contribution in [0.25, 0.3) is 0 Å². The molecule has 2 fully saturated rings. The van der Waals surface area contributed by atoms with Crippen molar-refractivity contribution < 1.29 is 8.42 Å². The molecule has 0 radical (unpaired) electrons. The van der Waals surface area contributed by atoms with Crippen LogP contribution in [-0.2, 0) is 10.0 Å². The molecule has 112 valence electrons. The molecule has 2 unspecified atom stereocenters. The first-order valence-electron chi connectivity index (χ1n) is 6.96. The molecule has 1 aromatic rings.